The predicted octanol–water partition coefficient (Wildman–Crippen LogP) is 3.73. The molecule has 31 heavy (non-hydrogen) atoms. The number of rotatable bonds is 7. The highest BCUT2D eigenvalue weighted by molar-refractivity contribution is 5.93. The fraction of sp³-hybridized carbons (Fsp3) is 0.391. The van der Waals surface area contributed by atoms with E-state index >= 15 is 0 Å². The maximum Gasteiger partial charge on any atom is 0.338 e. The van der Waals surface area contributed by atoms with E-state index in [0.717, 1.165) is 27.9 Å². The van der Waals surface area contributed by atoms with Gasteiger partial charge >= 0.3 is 5.97 Å². The zero-order valence-electron chi connectivity index (χ0n) is 18.8. The van der Waals surface area contributed by atoms with E-state index in [2.05, 4.69) is 15.4 Å². The molecule has 0 spiro atoms. The van der Waals surface area contributed by atoms with Crippen molar-refractivity contribution in [1.29, 1.82) is 0 Å². The minimum Gasteiger partial charge on any atom is -0.479 e. The van der Waals surface area contributed by atoms with Gasteiger partial charge in [0.05, 0.1) is 24.2 Å². The van der Waals surface area contributed by atoms with E-state index in [1.165, 1.54) is 0 Å². The van der Waals surface area contributed by atoms with E-state index < -0.39 is 0 Å². The Morgan fingerprint density at radius 2 is 1.84 bits per heavy atom. The van der Waals surface area contributed by atoms with Gasteiger partial charge in [-0.25, -0.2) is 14.5 Å². The van der Waals surface area contributed by atoms with Gasteiger partial charge in [-0.15, -0.1) is 5.10 Å². The summed E-state index contributed by atoms with van der Waals surface area (Å²) < 4.78 is 12.3. The number of anilines is 1. The number of nitrogens with one attached hydrogen (secondary N) is 1. The van der Waals surface area contributed by atoms with Gasteiger partial charge in [0.25, 0.3) is 0 Å². The van der Waals surface area contributed by atoms with Crippen LogP contribution in [0.5, 0.6) is 5.88 Å². The SMILES string of the molecule is COc1nn(C)c2nc(C)c(CCC(=O)Nc3ccc(C(=O)OC(C)C)cc3)c(C)c12. The summed E-state index contributed by atoms with van der Waals surface area (Å²) in [6.07, 6.45) is 0.664. The van der Waals surface area contributed by atoms with Gasteiger partial charge in [-0.1, -0.05) is 0 Å². The number of benzene rings is 1. The van der Waals surface area contributed by atoms with E-state index in [-0.39, 0.29) is 18.0 Å². The Labute approximate surface area is 181 Å². The number of methoxy groups -OCH3 is 1. The number of hydrogen-bond donors (Lipinski definition) is 1. The van der Waals surface area contributed by atoms with Crippen molar-refractivity contribution < 1.29 is 19.1 Å². The van der Waals surface area contributed by atoms with E-state index in [9.17, 15) is 9.59 Å². The van der Waals surface area contributed by atoms with E-state index in [4.69, 9.17) is 9.47 Å². The number of esters is 1. The predicted molar refractivity (Wildman–Crippen MR) is 118 cm³/mol. The summed E-state index contributed by atoms with van der Waals surface area (Å²) >= 11 is 0. The first-order chi connectivity index (χ1) is 14.7. The van der Waals surface area contributed by atoms with Crippen LogP contribution in [0.15, 0.2) is 24.3 Å². The number of carbonyl (C=O) groups excluding carboxylic acids is 2. The molecule has 1 amide bonds. The first-order valence-electron chi connectivity index (χ1n) is 10.2. The molecule has 3 aromatic rings. The molecule has 0 aliphatic heterocycles. The van der Waals surface area contributed by atoms with Gasteiger partial charge in [-0.05, 0) is 69.5 Å². The Morgan fingerprint density at radius 1 is 1.16 bits per heavy atom. The van der Waals surface area contributed by atoms with Crippen molar-refractivity contribution in [3.05, 3.63) is 46.6 Å². The summed E-state index contributed by atoms with van der Waals surface area (Å²) in [6, 6.07) is 6.67. The number of hydrogen-bond acceptors (Lipinski definition) is 6. The second-order valence-corrected chi connectivity index (χ2v) is 7.71. The summed E-state index contributed by atoms with van der Waals surface area (Å²) in [5.41, 5.74) is 4.74. The lowest BCUT2D eigenvalue weighted by Gasteiger charge is -2.12. The molecular formula is C23H28N4O4. The van der Waals surface area contributed by atoms with Crippen LogP contribution in [0.4, 0.5) is 5.69 Å². The molecule has 3 rings (SSSR count). The number of ether oxygens (including phenoxy) is 2. The van der Waals surface area contributed by atoms with Crippen LogP contribution in [0.25, 0.3) is 11.0 Å². The lowest BCUT2D eigenvalue weighted by molar-refractivity contribution is -0.116. The van der Waals surface area contributed by atoms with Crippen molar-refractivity contribution >= 4 is 28.6 Å². The second kappa shape index (κ2) is 9.16. The van der Waals surface area contributed by atoms with Crippen LogP contribution in [0.3, 0.4) is 0 Å². The Kier molecular flexibility index (Phi) is 6.58. The van der Waals surface area contributed by atoms with Gasteiger partial charge < -0.3 is 14.8 Å². The fourth-order valence-electron chi connectivity index (χ4n) is 3.54. The molecule has 0 atom stereocenters. The lowest BCUT2D eigenvalue weighted by atomic mass is 10.00. The van der Waals surface area contributed by atoms with Crippen molar-refractivity contribution in [3.63, 3.8) is 0 Å². The third kappa shape index (κ3) is 4.84. The van der Waals surface area contributed by atoms with Crippen LogP contribution >= 0.6 is 0 Å². The number of aromatic nitrogens is 3. The van der Waals surface area contributed by atoms with Crippen molar-refractivity contribution in [2.45, 2.75) is 46.6 Å². The average Bonchev–Trinajstić information content (AvgIpc) is 3.03. The molecule has 0 bridgehead atoms. The van der Waals surface area contributed by atoms with Crippen LogP contribution < -0.4 is 10.1 Å². The Morgan fingerprint density at radius 3 is 2.45 bits per heavy atom. The molecule has 0 aliphatic rings. The number of fused-ring (bicyclic) bond motifs is 1. The topological polar surface area (TPSA) is 95.3 Å². The van der Waals surface area contributed by atoms with Crippen molar-refractivity contribution in [3.8, 4) is 5.88 Å². The molecule has 0 saturated carbocycles. The summed E-state index contributed by atoms with van der Waals surface area (Å²) in [5, 5.41) is 8.10. The van der Waals surface area contributed by atoms with Gasteiger partial charge in [0, 0.05) is 24.8 Å². The fourth-order valence-corrected chi connectivity index (χ4v) is 3.54. The van der Waals surface area contributed by atoms with Gasteiger partial charge in [-0.3, -0.25) is 4.79 Å². The summed E-state index contributed by atoms with van der Waals surface area (Å²) in [5.74, 6) is 0.0337. The molecule has 1 N–H and O–H groups in total. The van der Waals surface area contributed by atoms with E-state index in [0.29, 0.717) is 30.0 Å². The Bertz CT molecular complexity index is 1120. The Balaban J connectivity index is 1.68. The van der Waals surface area contributed by atoms with Gasteiger partial charge in [0.2, 0.25) is 11.8 Å². The lowest BCUT2D eigenvalue weighted by Crippen LogP contribution is -2.14. The van der Waals surface area contributed by atoms with Crippen LogP contribution in [-0.2, 0) is 23.0 Å². The first-order valence-corrected chi connectivity index (χ1v) is 10.2. The highest BCUT2D eigenvalue weighted by Gasteiger charge is 2.18. The van der Waals surface area contributed by atoms with Crippen LogP contribution in [-0.4, -0.2) is 39.9 Å². The molecule has 8 heteroatoms. The molecule has 0 fully saturated rings. The Hall–Kier alpha value is -3.42. The van der Waals surface area contributed by atoms with Crippen molar-refractivity contribution in [1.82, 2.24) is 14.8 Å². The zero-order chi connectivity index (χ0) is 22.7. The average molecular weight is 425 g/mol. The van der Waals surface area contributed by atoms with Gasteiger partial charge in [0.1, 0.15) is 0 Å². The monoisotopic (exact) mass is 424 g/mol. The minimum absolute atomic E-state index is 0.116. The third-order valence-electron chi connectivity index (χ3n) is 5.07. The molecule has 0 aliphatic carbocycles. The van der Waals surface area contributed by atoms with Crippen LogP contribution in [0.2, 0.25) is 0 Å². The highest BCUT2D eigenvalue weighted by Crippen LogP contribution is 2.30. The highest BCUT2D eigenvalue weighted by atomic mass is 16.5. The molecule has 2 heterocycles. The van der Waals surface area contributed by atoms with Crippen LogP contribution in [0, 0.1) is 13.8 Å². The summed E-state index contributed by atoms with van der Waals surface area (Å²) in [7, 11) is 3.42. The molecule has 2 aromatic heterocycles. The standard InChI is InChI=1S/C23H28N4O4/c1-13(2)31-23(29)16-7-9-17(10-8-16)25-19(28)12-11-18-14(3)20-21(24-15(18)4)27(5)26-22(20)30-6/h7-10,13H,11-12H2,1-6H3,(H,25,28). The van der Waals surface area contributed by atoms with E-state index in [1.807, 2.05) is 20.9 Å². The third-order valence-corrected chi connectivity index (χ3v) is 5.07. The molecular weight excluding hydrogens is 396 g/mol. The van der Waals surface area contributed by atoms with Crippen molar-refractivity contribution in [2.24, 2.45) is 7.05 Å². The normalized spacial score (nSPS) is 11.1. The second-order valence-electron chi connectivity index (χ2n) is 7.71. The van der Waals surface area contributed by atoms with Gasteiger partial charge in [-0.2, -0.15) is 0 Å². The molecule has 0 saturated heterocycles. The summed E-state index contributed by atoms with van der Waals surface area (Å²) in [6.45, 7) is 7.54. The number of carbonyl (C=O) groups is 2. The molecule has 0 unspecified atom stereocenters. The maximum absolute atomic E-state index is 12.5. The largest absolute Gasteiger partial charge is 0.479 e. The molecule has 1 aromatic carbocycles. The molecule has 0 radical (unpaired) electrons. The van der Waals surface area contributed by atoms with Gasteiger partial charge in [0.15, 0.2) is 5.65 Å². The van der Waals surface area contributed by atoms with Crippen molar-refractivity contribution in [2.75, 3.05) is 12.4 Å². The number of nitrogens with zero attached hydrogens (tertiary/aromatic N) is 3. The molecule has 164 valence electrons. The smallest absolute Gasteiger partial charge is 0.338 e. The maximum atomic E-state index is 12.5. The number of amides is 1. The quantitative estimate of drug-likeness (QED) is 0.581. The zero-order valence-corrected chi connectivity index (χ0v) is 18.8. The number of pyridine rings is 1. The van der Waals surface area contributed by atoms with E-state index in [1.54, 1.807) is 49.9 Å². The first kappa shape index (κ1) is 22.3. The summed E-state index contributed by atoms with van der Waals surface area (Å²) in [4.78, 5) is 29.1. The minimum atomic E-state index is -0.382. The molecule has 8 nitrogen and oxygen atoms in total. The van der Waals surface area contributed by atoms with Crippen LogP contribution in [0.1, 0.15) is 47.4 Å². The number of aryl methyl sites for hydroxylation is 3.